The number of unbranched alkanes of at least 4 members (excludes halogenated alkanes) is 1. The molecule has 13 heteroatoms. The van der Waals surface area contributed by atoms with E-state index in [0.29, 0.717) is 12.5 Å². The van der Waals surface area contributed by atoms with Crippen LogP contribution >= 0.6 is 0 Å². The number of carbonyl (C=O) groups excluding carboxylic acids is 1. The molecule has 1 saturated carbocycles. The van der Waals surface area contributed by atoms with Gasteiger partial charge in [0.2, 0.25) is 0 Å². The fourth-order valence-electron chi connectivity index (χ4n) is 5.39. The summed E-state index contributed by atoms with van der Waals surface area (Å²) in [6.45, 7) is 0.163. The summed E-state index contributed by atoms with van der Waals surface area (Å²) in [5.74, 6) is -1.35. The minimum Gasteiger partial charge on any atom is -0.406 e. The lowest BCUT2D eigenvalue weighted by atomic mass is 9.98. The summed E-state index contributed by atoms with van der Waals surface area (Å²) < 4.78 is 56.8. The van der Waals surface area contributed by atoms with E-state index in [-0.39, 0.29) is 17.8 Å². The number of aromatic nitrogens is 6. The molecule has 9 nitrogen and oxygen atoms in total. The first-order chi connectivity index (χ1) is 21.2. The highest BCUT2D eigenvalue weighted by Crippen LogP contribution is 2.46. The third-order valence-corrected chi connectivity index (χ3v) is 7.68. The number of nitrogens with zero attached hydrogens (tertiary/aromatic N) is 6. The maximum absolute atomic E-state index is 14.0. The Labute approximate surface area is 250 Å². The van der Waals surface area contributed by atoms with Gasteiger partial charge in [-0.3, -0.25) is 14.5 Å². The van der Waals surface area contributed by atoms with E-state index in [2.05, 4.69) is 47.7 Å². The van der Waals surface area contributed by atoms with Crippen LogP contribution in [0, 0.1) is 11.7 Å². The van der Waals surface area contributed by atoms with Crippen LogP contribution in [-0.2, 0) is 32.4 Å². The number of allylic oxidation sites excluding steroid dienone is 2. The van der Waals surface area contributed by atoms with Gasteiger partial charge in [0.1, 0.15) is 11.6 Å². The Morgan fingerprint density at radius 1 is 1.05 bits per heavy atom. The predicted molar refractivity (Wildman–Crippen MR) is 151 cm³/mol. The normalized spacial score (nSPS) is 14.5. The van der Waals surface area contributed by atoms with Gasteiger partial charge in [-0.1, -0.05) is 16.9 Å². The molecule has 3 heterocycles. The fourth-order valence-corrected chi connectivity index (χ4v) is 5.39. The van der Waals surface area contributed by atoms with Crippen LogP contribution in [0.5, 0.6) is 5.75 Å². The molecular weight excluding hydrogens is 578 g/mol. The highest BCUT2D eigenvalue weighted by Gasteiger charge is 2.34. The van der Waals surface area contributed by atoms with Gasteiger partial charge in [-0.2, -0.15) is 10.2 Å². The van der Waals surface area contributed by atoms with Crippen molar-refractivity contribution in [1.29, 1.82) is 0 Å². The first-order valence-corrected chi connectivity index (χ1v) is 14.4. The van der Waals surface area contributed by atoms with Gasteiger partial charge in [-0.05, 0) is 80.0 Å². The molecule has 0 radical (unpaired) electrons. The van der Waals surface area contributed by atoms with Gasteiger partial charge in [0.15, 0.2) is 5.69 Å². The zero-order chi connectivity index (χ0) is 30.7. The predicted octanol–water partition coefficient (Wildman–Crippen LogP) is 5.42. The topological polar surface area (TPSA) is 108 Å². The van der Waals surface area contributed by atoms with Crippen molar-refractivity contribution >= 4 is 11.5 Å². The van der Waals surface area contributed by atoms with E-state index < -0.39 is 23.8 Å². The Balaban J connectivity index is 1.00. The summed E-state index contributed by atoms with van der Waals surface area (Å²) in [5.41, 5.74) is 6.88. The van der Waals surface area contributed by atoms with Crippen LogP contribution in [0.4, 0.5) is 17.6 Å². The molecule has 228 valence electrons. The standard InChI is InChI=1S/C31H29F4N7O2/c32-27-10-9-23(44-31(33,34)35)13-20(27)17-37-30(43)29-18-42(41-40-29)12-4-2-6-22-15-26-25(14-21-5-1-3-11-36-21)24(19-7-8-19)16-28(26)39-38-22/h1,3,5,9-11,13,15,18-19H,2,4,6-8,12,14,16-17H2,(H,37,43). The van der Waals surface area contributed by atoms with Crippen molar-refractivity contribution in [3.63, 3.8) is 0 Å². The molecule has 44 heavy (non-hydrogen) atoms. The Kier molecular flexibility index (Phi) is 8.36. The van der Waals surface area contributed by atoms with E-state index in [4.69, 9.17) is 0 Å². The maximum atomic E-state index is 14.0. The molecule has 0 aliphatic heterocycles. The average molecular weight is 608 g/mol. The quantitative estimate of drug-likeness (QED) is 0.169. The van der Waals surface area contributed by atoms with Crippen LogP contribution in [0.1, 0.15) is 64.4 Å². The van der Waals surface area contributed by atoms with E-state index in [1.807, 2.05) is 18.3 Å². The molecule has 1 amide bonds. The smallest absolute Gasteiger partial charge is 0.406 e. The first kappa shape index (κ1) is 29.4. The van der Waals surface area contributed by atoms with Crippen LogP contribution in [0.2, 0.25) is 0 Å². The zero-order valence-corrected chi connectivity index (χ0v) is 23.6. The van der Waals surface area contributed by atoms with E-state index in [1.54, 1.807) is 0 Å². The van der Waals surface area contributed by atoms with Gasteiger partial charge < -0.3 is 10.1 Å². The largest absolute Gasteiger partial charge is 0.573 e. The minimum absolute atomic E-state index is 0.0104. The summed E-state index contributed by atoms with van der Waals surface area (Å²) >= 11 is 0. The van der Waals surface area contributed by atoms with Gasteiger partial charge in [0.25, 0.3) is 5.91 Å². The van der Waals surface area contributed by atoms with Gasteiger partial charge in [-0.15, -0.1) is 18.3 Å². The molecule has 0 saturated heterocycles. The van der Waals surface area contributed by atoms with Crippen molar-refractivity contribution < 1.29 is 27.1 Å². The molecule has 1 N–H and O–H groups in total. The average Bonchev–Trinajstić information content (AvgIpc) is 3.63. The molecule has 2 aliphatic carbocycles. The number of fused-ring (bicyclic) bond motifs is 1. The number of carbonyl (C=O) groups is 1. The SMILES string of the molecule is O=C(NCc1cc(OC(F)(F)F)ccc1F)c1cn(CCCCc2cc3c(nn2)CC(C2CC2)=C3Cc2ccccn2)nn1. The Hall–Kier alpha value is -4.68. The Bertz CT molecular complexity index is 1680. The summed E-state index contributed by atoms with van der Waals surface area (Å²) in [7, 11) is 0. The third kappa shape index (κ3) is 7.26. The fraction of sp³-hybridized carbons (Fsp3) is 0.355. The van der Waals surface area contributed by atoms with Gasteiger partial charge in [0, 0.05) is 48.9 Å². The van der Waals surface area contributed by atoms with E-state index in [1.165, 1.54) is 40.4 Å². The highest BCUT2D eigenvalue weighted by molar-refractivity contribution is 5.91. The summed E-state index contributed by atoms with van der Waals surface area (Å²) in [6, 6.07) is 10.7. The highest BCUT2D eigenvalue weighted by atomic mass is 19.4. The van der Waals surface area contributed by atoms with Gasteiger partial charge in [-0.25, -0.2) is 4.39 Å². The molecule has 4 aromatic rings. The number of hydrogen-bond donors (Lipinski definition) is 1. The van der Waals surface area contributed by atoms with Gasteiger partial charge >= 0.3 is 6.36 Å². The first-order valence-electron chi connectivity index (χ1n) is 14.4. The van der Waals surface area contributed by atoms with Crippen molar-refractivity contribution in [2.24, 2.45) is 5.92 Å². The number of rotatable bonds is 12. The second-order valence-corrected chi connectivity index (χ2v) is 11.0. The second-order valence-electron chi connectivity index (χ2n) is 11.0. The van der Waals surface area contributed by atoms with Crippen molar-refractivity contribution in [3.8, 4) is 5.75 Å². The number of aryl methyl sites for hydroxylation is 2. The maximum Gasteiger partial charge on any atom is 0.573 e. The molecule has 6 rings (SSSR count). The second kappa shape index (κ2) is 12.5. The van der Waals surface area contributed by atoms with Crippen LogP contribution in [0.15, 0.2) is 60.4 Å². The van der Waals surface area contributed by atoms with E-state index >= 15 is 0 Å². The van der Waals surface area contributed by atoms with E-state index in [0.717, 1.165) is 67.4 Å². The summed E-state index contributed by atoms with van der Waals surface area (Å²) in [6.07, 6.45) is 4.81. The number of ether oxygens (including phenoxy) is 1. The van der Waals surface area contributed by atoms with Crippen LogP contribution in [0.25, 0.3) is 5.57 Å². The number of halogens is 4. The van der Waals surface area contributed by atoms with Crippen molar-refractivity contribution in [2.45, 2.75) is 64.4 Å². The summed E-state index contributed by atoms with van der Waals surface area (Å²) in [5, 5.41) is 19.3. The van der Waals surface area contributed by atoms with Crippen molar-refractivity contribution in [1.82, 2.24) is 35.5 Å². The number of amides is 1. The van der Waals surface area contributed by atoms with E-state index in [9.17, 15) is 22.4 Å². The number of pyridine rings is 1. The number of benzene rings is 1. The molecule has 3 aromatic heterocycles. The van der Waals surface area contributed by atoms with Gasteiger partial charge in [0.05, 0.1) is 17.6 Å². The van der Waals surface area contributed by atoms with Crippen molar-refractivity contribution in [3.05, 3.63) is 100 Å². The number of nitrogens with one attached hydrogen (secondary N) is 1. The number of alkyl halides is 3. The number of hydrogen-bond acceptors (Lipinski definition) is 7. The van der Waals surface area contributed by atoms with Crippen molar-refractivity contribution in [2.75, 3.05) is 0 Å². The molecule has 2 aliphatic rings. The molecule has 1 aromatic carbocycles. The molecule has 0 atom stereocenters. The third-order valence-electron chi connectivity index (χ3n) is 7.68. The molecule has 0 spiro atoms. The summed E-state index contributed by atoms with van der Waals surface area (Å²) in [4.78, 5) is 17.0. The monoisotopic (exact) mass is 607 g/mol. The Morgan fingerprint density at radius 3 is 2.68 bits per heavy atom. The minimum atomic E-state index is -4.91. The lowest BCUT2D eigenvalue weighted by Crippen LogP contribution is -2.24. The molecule has 0 bridgehead atoms. The lowest BCUT2D eigenvalue weighted by molar-refractivity contribution is -0.274. The van der Waals surface area contributed by atoms with Crippen LogP contribution < -0.4 is 10.1 Å². The van der Waals surface area contributed by atoms with Crippen LogP contribution in [0.3, 0.4) is 0 Å². The molecule has 1 fully saturated rings. The zero-order valence-electron chi connectivity index (χ0n) is 23.6. The Morgan fingerprint density at radius 2 is 1.91 bits per heavy atom. The molecular formula is C31H29F4N7O2. The van der Waals surface area contributed by atoms with Crippen LogP contribution in [-0.4, -0.2) is 42.4 Å². The molecule has 0 unspecified atom stereocenters. The lowest BCUT2D eigenvalue weighted by Gasteiger charge is -2.11.